The number of hydrogen-bond acceptors (Lipinski definition) is 3. The van der Waals surface area contributed by atoms with E-state index in [4.69, 9.17) is 0 Å². The maximum atomic E-state index is 13.8. The van der Waals surface area contributed by atoms with E-state index in [1.165, 1.54) is 11.8 Å². The molecule has 0 N–H and O–H groups in total. The molecular weight excluding hydrogens is 373 g/mol. The number of sulfonamides is 1. The quantitative estimate of drug-likeness (QED) is 0.737. The number of thioether (sulfide) groups is 1. The molecule has 0 aromatic heterocycles. The van der Waals surface area contributed by atoms with E-state index in [2.05, 4.69) is 0 Å². The molecule has 1 aromatic carbocycles. The highest BCUT2D eigenvalue weighted by atomic mass is 32.2. The van der Waals surface area contributed by atoms with Gasteiger partial charge in [0, 0.05) is 29.7 Å². The van der Waals surface area contributed by atoms with Crippen LogP contribution in [0, 0.1) is 11.6 Å². The van der Waals surface area contributed by atoms with Gasteiger partial charge in [-0.3, -0.25) is 0 Å². The zero-order valence-electron chi connectivity index (χ0n) is 12.5. The van der Waals surface area contributed by atoms with Gasteiger partial charge in [-0.2, -0.15) is 24.9 Å². The molecule has 0 amide bonds. The summed E-state index contributed by atoms with van der Waals surface area (Å²) in [6.07, 6.45) is -5.74. The summed E-state index contributed by atoms with van der Waals surface area (Å²) in [7, 11) is -4.03. The van der Waals surface area contributed by atoms with Crippen LogP contribution >= 0.6 is 11.8 Å². The van der Waals surface area contributed by atoms with Crippen LogP contribution in [0.15, 0.2) is 18.2 Å². The molecule has 1 aromatic rings. The van der Waals surface area contributed by atoms with Crippen LogP contribution in [0.3, 0.4) is 0 Å². The molecule has 0 radical (unpaired) electrons. The fourth-order valence-electron chi connectivity index (χ4n) is 2.41. The fourth-order valence-corrected chi connectivity index (χ4v) is 5.27. The van der Waals surface area contributed by atoms with E-state index in [9.17, 15) is 30.4 Å². The first-order chi connectivity index (χ1) is 11.1. The Bertz CT molecular complexity index is 678. The third-order valence-electron chi connectivity index (χ3n) is 3.64. The van der Waals surface area contributed by atoms with Crippen molar-refractivity contribution in [1.29, 1.82) is 0 Å². The van der Waals surface area contributed by atoms with Crippen molar-refractivity contribution < 1.29 is 30.4 Å². The number of hydrogen-bond donors (Lipinski definition) is 0. The van der Waals surface area contributed by atoms with Gasteiger partial charge < -0.3 is 0 Å². The fraction of sp³-hybridized carbons (Fsp3) is 0.571. The molecule has 24 heavy (non-hydrogen) atoms. The SMILES string of the molecule is O=S(=O)(CCC(F)(F)F)N1CCSC(c2cc(F)ccc2F)CC1. The summed E-state index contributed by atoms with van der Waals surface area (Å²) in [4.78, 5) is 0. The smallest absolute Gasteiger partial charge is 0.212 e. The number of nitrogens with zero attached hydrogens (tertiary/aromatic N) is 1. The Morgan fingerprint density at radius 1 is 1.21 bits per heavy atom. The van der Waals surface area contributed by atoms with Crippen molar-refractivity contribution in [2.45, 2.75) is 24.3 Å². The van der Waals surface area contributed by atoms with Gasteiger partial charge in [-0.15, -0.1) is 0 Å². The number of benzene rings is 1. The molecule has 1 heterocycles. The maximum absolute atomic E-state index is 13.8. The van der Waals surface area contributed by atoms with Gasteiger partial charge >= 0.3 is 6.18 Å². The molecule has 10 heteroatoms. The van der Waals surface area contributed by atoms with Crippen molar-refractivity contribution in [2.24, 2.45) is 0 Å². The first-order valence-electron chi connectivity index (χ1n) is 7.19. The van der Waals surface area contributed by atoms with Crippen molar-refractivity contribution in [2.75, 3.05) is 24.6 Å². The molecular formula is C14H16F5NO2S2. The molecule has 3 nitrogen and oxygen atoms in total. The standard InChI is InChI=1S/C14H16F5NO2S2/c15-10-1-2-12(16)11(9-10)13-3-5-20(6-7-23-13)24(21,22)8-4-14(17,18)19/h1-2,9,13H,3-8H2. The summed E-state index contributed by atoms with van der Waals surface area (Å²) in [5.74, 6) is -1.88. The number of halogens is 5. The van der Waals surface area contributed by atoms with Crippen LogP contribution in [0.25, 0.3) is 0 Å². The average Bonchev–Trinajstić information content (AvgIpc) is 2.73. The zero-order chi connectivity index (χ0) is 18.0. The summed E-state index contributed by atoms with van der Waals surface area (Å²) in [5.41, 5.74) is 0.148. The molecule has 2 rings (SSSR count). The second-order valence-corrected chi connectivity index (χ2v) is 8.79. The van der Waals surface area contributed by atoms with E-state index >= 15 is 0 Å². The highest BCUT2D eigenvalue weighted by Gasteiger charge is 2.33. The molecule has 0 bridgehead atoms. The predicted molar refractivity (Wildman–Crippen MR) is 82.2 cm³/mol. The van der Waals surface area contributed by atoms with Gasteiger partial charge in [0.1, 0.15) is 11.6 Å². The van der Waals surface area contributed by atoms with Crippen LogP contribution in [0.4, 0.5) is 22.0 Å². The van der Waals surface area contributed by atoms with Crippen molar-refractivity contribution in [3.63, 3.8) is 0 Å². The minimum Gasteiger partial charge on any atom is -0.212 e. The minimum atomic E-state index is -4.54. The molecule has 1 fully saturated rings. The minimum absolute atomic E-state index is 0.0200. The first kappa shape index (κ1) is 19.5. The molecule has 1 aliphatic rings. The molecule has 0 spiro atoms. The van der Waals surface area contributed by atoms with Crippen LogP contribution in [0.1, 0.15) is 23.7 Å². The number of alkyl halides is 3. The summed E-state index contributed by atoms with van der Waals surface area (Å²) in [6.45, 7) is 0.0338. The second kappa shape index (κ2) is 7.57. The molecule has 1 aliphatic heterocycles. The van der Waals surface area contributed by atoms with E-state index in [1.807, 2.05) is 0 Å². The Hall–Kier alpha value is -0.870. The second-order valence-electron chi connectivity index (χ2n) is 5.39. The molecule has 1 unspecified atom stereocenters. The Labute approximate surface area is 141 Å². The van der Waals surface area contributed by atoms with Crippen molar-refractivity contribution in [1.82, 2.24) is 4.31 Å². The Morgan fingerprint density at radius 3 is 2.58 bits per heavy atom. The van der Waals surface area contributed by atoms with Gasteiger partial charge in [0.25, 0.3) is 0 Å². The maximum Gasteiger partial charge on any atom is 0.390 e. The topological polar surface area (TPSA) is 37.4 Å². The summed E-state index contributed by atoms with van der Waals surface area (Å²) in [6, 6.07) is 3.07. The van der Waals surface area contributed by atoms with Crippen LogP contribution in [-0.2, 0) is 10.0 Å². The highest BCUT2D eigenvalue weighted by molar-refractivity contribution is 7.99. The summed E-state index contributed by atoms with van der Waals surface area (Å²) < 4.78 is 88.9. The van der Waals surface area contributed by atoms with Crippen molar-refractivity contribution in [3.8, 4) is 0 Å². The van der Waals surface area contributed by atoms with E-state index in [0.717, 1.165) is 22.5 Å². The summed E-state index contributed by atoms with van der Waals surface area (Å²) in [5, 5.41) is -0.441. The Kier molecular flexibility index (Phi) is 6.14. The van der Waals surface area contributed by atoms with E-state index in [-0.39, 0.29) is 25.1 Å². The van der Waals surface area contributed by atoms with Gasteiger partial charge in [0.05, 0.1) is 12.2 Å². The van der Waals surface area contributed by atoms with Crippen molar-refractivity contribution in [3.05, 3.63) is 35.4 Å². The van der Waals surface area contributed by atoms with Crippen molar-refractivity contribution >= 4 is 21.8 Å². The molecule has 136 valence electrons. The largest absolute Gasteiger partial charge is 0.390 e. The molecule has 1 atom stereocenters. The molecule has 0 aliphatic carbocycles. The lowest BCUT2D eigenvalue weighted by Crippen LogP contribution is -2.36. The monoisotopic (exact) mass is 389 g/mol. The molecule has 1 saturated heterocycles. The lowest BCUT2D eigenvalue weighted by atomic mass is 10.1. The normalized spacial score (nSPS) is 20.8. The first-order valence-corrected chi connectivity index (χ1v) is 9.85. The van der Waals surface area contributed by atoms with E-state index in [0.29, 0.717) is 5.75 Å². The predicted octanol–water partition coefficient (Wildman–Crippen LogP) is 3.73. The van der Waals surface area contributed by atoms with Crippen LogP contribution in [-0.4, -0.2) is 43.5 Å². The Balaban J connectivity index is 2.06. The lowest BCUT2D eigenvalue weighted by molar-refractivity contribution is -0.130. The van der Waals surface area contributed by atoms with Gasteiger partial charge in [-0.05, 0) is 24.6 Å². The van der Waals surface area contributed by atoms with Crippen LogP contribution < -0.4 is 0 Å². The van der Waals surface area contributed by atoms with Gasteiger partial charge in [-0.1, -0.05) is 0 Å². The van der Waals surface area contributed by atoms with E-state index in [1.54, 1.807) is 0 Å². The Morgan fingerprint density at radius 2 is 1.92 bits per heavy atom. The highest BCUT2D eigenvalue weighted by Crippen LogP contribution is 2.36. The summed E-state index contributed by atoms with van der Waals surface area (Å²) >= 11 is 1.27. The zero-order valence-corrected chi connectivity index (χ0v) is 14.2. The van der Waals surface area contributed by atoms with Crippen LogP contribution in [0.2, 0.25) is 0 Å². The lowest BCUT2D eigenvalue weighted by Gasteiger charge is -2.20. The van der Waals surface area contributed by atoms with Gasteiger partial charge in [-0.25, -0.2) is 21.5 Å². The number of rotatable bonds is 4. The van der Waals surface area contributed by atoms with E-state index < -0.39 is 45.3 Å². The van der Waals surface area contributed by atoms with Gasteiger partial charge in [0.15, 0.2) is 0 Å². The average molecular weight is 389 g/mol. The molecule has 0 saturated carbocycles. The van der Waals surface area contributed by atoms with Gasteiger partial charge in [0.2, 0.25) is 10.0 Å². The van der Waals surface area contributed by atoms with Crippen LogP contribution in [0.5, 0.6) is 0 Å². The third-order valence-corrected chi connectivity index (χ3v) is 6.82. The third kappa shape index (κ3) is 5.32.